The van der Waals surface area contributed by atoms with Gasteiger partial charge in [0.15, 0.2) is 0 Å². The molecule has 1 amide bonds. The molecule has 1 heterocycles. The zero-order valence-electron chi connectivity index (χ0n) is 8.40. The van der Waals surface area contributed by atoms with Gasteiger partial charge in [0.1, 0.15) is 0 Å². The molecule has 6 heteroatoms. The number of aryl methyl sites for hydroxylation is 1. The first-order valence-corrected chi connectivity index (χ1v) is 4.85. The average molecular weight is 238 g/mol. The van der Waals surface area contributed by atoms with Gasteiger partial charge in [0.05, 0.1) is 0 Å². The molecule has 0 bridgehead atoms. The minimum atomic E-state index is -0.753. The van der Waals surface area contributed by atoms with Crippen LogP contribution in [0, 0.1) is 6.92 Å². The number of hydrogen-bond acceptors (Lipinski definition) is 4. The summed E-state index contributed by atoms with van der Waals surface area (Å²) in [5.74, 6) is -0.751. The third-order valence-corrected chi connectivity index (χ3v) is 2.46. The highest BCUT2D eigenvalue weighted by Gasteiger charge is 2.12. The molecule has 2 N–H and O–H groups in total. The quantitative estimate of drug-likeness (QED) is 0.863. The molecule has 1 aromatic heterocycles. The van der Waals surface area contributed by atoms with E-state index in [2.05, 4.69) is 10.2 Å². The Morgan fingerprint density at radius 3 is 2.75 bits per heavy atom. The zero-order valence-corrected chi connectivity index (χ0v) is 9.15. The molecule has 0 atom stereocenters. The second-order valence-corrected chi connectivity index (χ2v) is 3.65. The van der Waals surface area contributed by atoms with E-state index in [1.54, 1.807) is 12.1 Å². The number of carbonyl (C=O) groups excluding carboxylic acids is 1. The average Bonchev–Trinajstić information content (AvgIpc) is 2.71. The summed E-state index contributed by atoms with van der Waals surface area (Å²) in [4.78, 5) is 10.8. The molecule has 0 fully saturated rings. The minimum Gasteiger partial charge on any atom is -0.412 e. The topological polar surface area (TPSA) is 82.0 Å². The second-order valence-electron chi connectivity index (χ2n) is 3.24. The van der Waals surface area contributed by atoms with Gasteiger partial charge in [-0.3, -0.25) is 4.79 Å². The van der Waals surface area contributed by atoms with Crippen molar-refractivity contribution < 1.29 is 9.21 Å². The lowest BCUT2D eigenvalue weighted by Gasteiger charge is -1.98. The van der Waals surface area contributed by atoms with Gasteiger partial charge in [-0.1, -0.05) is 17.7 Å². The maximum Gasteiger partial charge on any atom is 0.306 e. The maximum atomic E-state index is 10.8. The molecule has 0 saturated carbocycles. The lowest BCUT2D eigenvalue weighted by atomic mass is 10.1. The van der Waals surface area contributed by atoms with Gasteiger partial charge in [0.2, 0.25) is 5.89 Å². The van der Waals surface area contributed by atoms with Gasteiger partial charge in [-0.05, 0) is 24.6 Å². The Morgan fingerprint density at radius 2 is 2.19 bits per heavy atom. The van der Waals surface area contributed by atoms with E-state index in [0.29, 0.717) is 10.6 Å². The number of benzene rings is 1. The molecule has 2 rings (SSSR count). The SMILES string of the molecule is Cc1ccc(-c2nnc(C(N)=O)o2)cc1Cl. The van der Waals surface area contributed by atoms with Crippen LogP contribution in [0.5, 0.6) is 0 Å². The predicted octanol–water partition coefficient (Wildman–Crippen LogP) is 1.80. The van der Waals surface area contributed by atoms with Crippen molar-refractivity contribution >= 4 is 17.5 Å². The van der Waals surface area contributed by atoms with Gasteiger partial charge in [-0.15, -0.1) is 10.2 Å². The van der Waals surface area contributed by atoms with E-state index in [9.17, 15) is 4.79 Å². The Balaban J connectivity index is 2.42. The van der Waals surface area contributed by atoms with Crippen molar-refractivity contribution in [2.24, 2.45) is 5.73 Å². The fourth-order valence-corrected chi connectivity index (χ4v) is 1.35. The minimum absolute atomic E-state index is 0.216. The third kappa shape index (κ3) is 1.90. The van der Waals surface area contributed by atoms with Gasteiger partial charge in [-0.2, -0.15) is 0 Å². The maximum absolute atomic E-state index is 10.8. The molecule has 0 aliphatic heterocycles. The molecule has 0 saturated heterocycles. The number of carbonyl (C=O) groups is 1. The van der Waals surface area contributed by atoms with Crippen LogP contribution >= 0.6 is 11.6 Å². The Morgan fingerprint density at radius 1 is 1.44 bits per heavy atom. The highest BCUT2D eigenvalue weighted by Crippen LogP contribution is 2.24. The van der Waals surface area contributed by atoms with E-state index in [0.717, 1.165) is 5.56 Å². The summed E-state index contributed by atoms with van der Waals surface area (Å²) in [6.07, 6.45) is 0. The van der Waals surface area contributed by atoms with Crippen molar-refractivity contribution in [2.45, 2.75) is 6.92 Å². The molecule has 0 aliphatic carbocycles. The molecular formula is C10H8ClN3O2. The monoisotopic (exact) mass is 237 g/mol. The largest absolute Gasteiger partial charge is 0.412 e. The second kappa shape index (κ2) is 3.94. The summed E-state index contributed by atoms with van der Waals surface area (Å²) in [6, 6.07) is 5.29. The lowest BCUT2D eigenvalue weighted by Crippen LogP contribution is -2.10. The van der Waals surface area contributed by atoms with E-state index < -0.39 is 5.91 Å². The van der Waals surface area contributed by atoms with E-state index in [-0.39, 0.29) is 11.8 Å². The van der Waals surface area contributed by atoms with Crippen molar-refractivity contribution in [3.05, 3.63) is 34.7 Å². The Bertz CT molecular complexity index is 551. The Kier molecular flexibility index (Phi) is 2.62. The van der Waals surface area contributed by atoms with Crippen LogP contribution in [0.3, 0.4) is 0 Å². The van der Waals surface area contributed by atoms with Gasteiger partial charge in [0.25, 0.3) is 0 Å². The van der Waals surface area contributed by atoms with Crippen LogP contribution in [-0.4, -0.2) is 16.1 Å². The summed E-state index contributed by atoms with van der Waals surface area (Å²) < 4.78 is 5.07. The fourth-order valence-electron chi connectivity index (χ4n) is 1.17. The summed E-state index contributed by atoms with van der Waals surface area (Å²) >= 11 is 5.95. The molecule has 1 aromatic carbocycles. The Hall–Kier alpha value is -1.88. The summed E-state index contributed by atoms with van der Waals surface area (Å²) in [7, 11) is 0. The van der Waals surface area contributed by atoms with Crippen LogP contribution in [0.15, 0.2) is 22.6 Å². The van der Waals surface area contributed by atoms with Crippen molar-refractivity contribution in [2.75, 3.05) is 0 Å². The van der Waals surface area contributed by atoms with Gasteiger partial charge >= 0.3 is 11.8 Å². The number of rotatable bonds is 2. The van der Waals surface area contributed by atoms with Crippen LogP contribution in [0.4, 0.5) is 0 Å². The van der Waals surface area contributed by atoms with Crippen LogP contribution < -0.4 is 5.73 Å². The number of hydrogen-bond donors (Lipinski definition) is 1. The highest BCUT2D eigenvalue weighted by atomic mass is 35.5. The molecule has 82 valence electrons. The number of primary amides is 1. The molecule has 2 aromatic rings. The van der Waals surface area contributed by atoms with Crippen molar-refractivity contribution in [1.29, 1.82) is 0 Å². The van der Waals surface area contributed by atoms with Crippen LogP contribution in [0.1, 0.15) is 16.2 Å². The summed E-state index contributed by atoms with van der Waals surface area (Å²) in [5.41, 5.74) is 6.59. The molecule has 0 unspecified atom stereocenters. The molecule has 0 spiro atoms. The summed E-state index contributed by atoms with van der Waals surface area (Å²) in [5, 5.41) is 7.81. The van der Waals surface area contributed by atoms with E-state index in [1.165, 1.54) is 0 Å². The van der Waals surface area contributed by atoms with Crippen LogP contribution in [0.2, 0.25) is 5.02 Å². The third-order valence-electron chi connectivity index (χ3n) is 2.05. The van der Waals surface area contributed by atoms with Crippen molar-refractivity contribution in [3.8, 4) is 11.5 Å². The normalized spacial score (nSPS) is 10.4. The first-order chi connectivity index (χ1) is 7.58. The molecule has 16 heavy (non-hydrogen) atoms. The van der Waals surface area contributed by atoms with Crippen molar-refractivity contribution in [1.82, 2.24) is 10.2 Å². The van der Waals surface area contributed by atoms with E-state index in [1.807, 2.05) is 13.0 Å². The van der Waals surface area contributed by atoms with Gasteiger partial charge in [-0.25, -0.2) is 0 Å². The van der Waals surface area contributed by atoms with Gasteiger partial charge in [0, 0.05) is 10.6 Å². The molecule has 0 aliphatic rings. The number of nitrogens with zero attached hydrogens (tertiary/aromatic N) is 2. The standard InChI is InChI=1S/C10H8ClN3O2/c1-5-2-3-6(4-7(5)11)9-13-14-10(16-9)8(12)15/h2-4H,1H3,(H2,12,15). The molecule has 5 nitrogen and oxygen atoms in total. The van der Waals surface area contributed by atoms with Gasteiger partial charge < -0.3 is 10.2 Å². The van der Waals surface area contributed by atoms with E-state index >= 15 is 0 Å². The number of nitrogens with two attached hydrogens (primary N) is 1. The lowest BCUT2D eigenvalue weighted by molar-refractivity contribution is 0.0968. The number of halogens is 1. The first kappa shape index (κ1) is 10.6. The van der Waals surface area contributed by atoms with E-state index in [4.69, 9.17) is 21.8 Å². The zero-order chi connectivity index (χ0) is 11.7. The Labute approximate surface area is 96.2 Å². The van der Waals surface area contributed by atoms with Crippen LogP contribution in [0.25, 0.3) is 11.5 Å². The molecule has 0 radical (unpaired) electrons. The predicted molar refractivity (Wildman–Crippen MR) is 58.0 cm³/mol. The van der Waals surface area contributed by atoms with Crippen molar-refractivity contribution in [3.63, 3.8) is 0 Å². The number of aromatic nitrogens is 2. The van der Waals surface area contributed by atoms with Crippen LogP contribution in [-0.2, 0) is 0 Å². The smallest absolute Gasteiger partial charge is 0.306 e. The molecular weight excluding hydrogens is 230 g/mol. The first-order valence-electron chi connectivity index (χ1n) is 4.48. The highest BCUT2D eigenvalue weighted by molar-refractivity contribution is 6.31. The number of amides is 1. The fraction of sp³-hybridized carbons (Fsp3) is 0.100. The summed E-state index contributed by atoms with van der Waals surface area (Å²) in [6.45, 7) is 1.88.